The molecular formula is C13H9FN4OS. The van der Waals surface area contributed by atoms with Crippen molar-refractivity contribution in [2.75, 3.05) is 11.1 Å². The Morgan fingerprint density at radius 3 is 2.85 bits per heavy atom. The summed E-state index contributed by atoms with van der Waals surface area (Å²) in [6, 6.07) is 4.26. The maximum absolute atomic E-state index is 14.0. The first-order valence-electron chi connectivity index (χ1n) is 5.70. The number of nitrogens with zero attached hydrogens (tertiary/aromatic N) is 2. The number of carbonyl (C=O) groups excluding carboxylic acids is 1. The van der Waals surface area contributed by atoms with Crippen molar-refractivity contribution in [3.63, 3.8) is 0 Å². The first-order chi connectivity index (χ1) is 9.66. The van der Waals surface area contributed by atoms with Gasteiger partial charge >= 0.3 is 0 Å². The number of hydrogen-bond acceptors (Lipinski definition) is 5. The summed E-state index contributed by atoms with van der Waals surface area (Å²) < 4.78 is 14.0. The summed E-state index contributed by atoms with van der Waals surface area (Å²) in [5.41, 5.74) is 6.18. The van der Waals surface area contributed by atoms with E-state index >= 15 is 0 Å². The first kappa shape index (κ1) is 12.5. The van der Waals surface area contributed by atoms with E-state index in [1.165, 1.54) is 29.7 Å². The molecule has 0 radical (unpaired) electrons. The van der Waals surface area contributed by atoms with Gasteiger partial charge in [0, 0.05) is 28.8 Å². The summed E-state index contributed by atoms with van der Waals surface area (Å²) in [6.45, 7) is 0. The molecule has 0 spiro atoms. The Kier molecular flexibility index (Phi) is 3.03. The number of aromatic nitrogens is 2. The average molecular weight is 288 g/mol. The van der Waals surface area contributed by atoms with Crippen molar-refractivity contribution < 1.29 is 9.18 Å². The van der Waals surface area contributed by atoms with Crippen LogP contribution in [0.4, 0.5) is 15.2 Å². The molecule has 0 saturated heterocycles. The molecule has 1 aromatic carbocycles. The van der Waals surface area contributed by atoms with Crippen LogP contribution in [0.5, 0.6) is 0 Å². The van der Waals surface area contributed by atoms with Crippen LogP contribution < -0.4 is 11.1 Å². The zero-order chi connectivity index (χ0) is 14.1. The van der Waals surface area contributed by atoms with Crippen LogP contribution in [0.1, 0.15) is 10.5 Å². The summed E-state index contributed by atoms with van der Waals surface area (Å²) in [5, 5.41) is 5.31. The molecule has 7 heteroatoms. The van der Waals surface area contributed by atoms with Crippen LogP contribution in [0, 0.1) is 5.82 Å². The zero-order valence-electron chi connectivity index (χ0n) is 10.1. The molecule has 0 aliphatic heterocycles. The molecule has 0 aliphatic rings. The quantitative estimate of drug-likeness (QED) is 0.710. The van der Waals surface area contributed by atoms with Crippen LogP contribution in [0.3, 0.4) is 0 Å². The number of fused-ring (bicyclic) bond motifs is 1. The van der Waals surface area contributed by atoms with Gasteiger partial charge in [-0.25, -0.2) is 9.37 Å². The fourth-order valence-corrected chi connectivity index (χ4v) is 2.42. The molecule has 0 bridgehead atoms. The van der Waals surface area contributed by atoms with E-state index in [1.807, 2.05) is 0 Å². The van der Waals surface area contributed by atoms with Gasteiger partial charge in [-0.1, -0.05) is 0 Å². The molecule has 0 fully saturated rings. The van der Waals surface area contributed by atoms with Crippen molar-refractivity contribution in [3.8, 4) is 0 Å². The van der Waals surface area contributed by atoms with Gasteiger partial charge in [-0.3, -0.25) is 15.1 Å². The fraction of sp³-hybridized carbons (Fsp3) is 0. The van der Waals surface area contributed by atoms with Gasteiger partial charge in [-0.05, 0) is 18.2 Å². The number of nitrogens with two attached hydrogens (primary N) is 1. The third-order valence-corrected chi connectivity index (χ3v) is 3.47. The van der Waals surface area contributed by atoms with Crippen molar-refractivity contribution in [1.82, 2.24) is 9.97 Å². The number of carbonyl (C=O) groups is 1. The van der Waals surface area contributed by atoms with Crippen LogP contribution in [-0.4, -0.2) is 15.9 Å². The zero-order valence-corrected chi connectivity index (χ0v) is 10.9. The predicted molar refractivity (Wildman–Crippen MR) is 76.2 cm³/mol. The van der Waals surface area contributed by atoms with Crippen molar-refractivity contribution in [2.45, 2.75) is 0 Å². The molecule has 100 valence electrons. The molecule has 1 amide bonds. The van der Waals surface area contributed by atoms with Gasteiger partial charge in [0.15, 0.2) is 5.13 Å². The normalized spacial score (nSPS) is 10.7. The van der Waals surface area contributed by atoms with E-state index in [2.05, 4.69) is 15.3 Å². The van der Waals surface area contributed by atoms with E-state index in [9.17, 15) is 9.18 Å². The number of thiazole rings is 1. The second kappa shape index (κ2) is 4.86. The van der Waals surface area contributed by atoms with Gasteiger partial charge in [0.1, 0.15) is 11.5 Å². The molecule has 5 nitrogen and oxygen atoms in total. The minimum absolute atomic E-state index is 0.0116. The van der Waals surface area contributed by atoms with Crippen LogP contribution in [0.15, 0.2) is 36.0 Å². The monoisotopic (exact) mass is 288 g/mol. The third kappa shape index (κ3) is 2.08. The van der Waals surface area contributed by atoms with Crippen LogP contribution in [-0.2, 0) is 0 Å². The Labute approximate surface area is 117 Å². The van der Waals surface area contributed by atoms with Gasteiger partial charge in [0.2, 0.25) is 0 Å². The van der Waals surface area contributed by atoms with Gasteiger partial charge in [0.25, 0.3) is 5.91 Å². The van der Waals surface area contributed by atoms with E-state index < -0.39 is 11.7 Å². The number of halogens is 1. The number of amides is 1. The summed E-state index contributed by atoms with van der Waals surface area (Å²) in [4.78, 5) is 20.1. The molecule has 3 aromatic rings. The lowest BCUT2D eigenvalue weighted by atomic mass is 10.1. The minimum atomic E-state index is -0.536. The Morgan fingerprint density at radius 1 is 1.25 bits per heavy atom. The maximum Gasteiger partial charge on any atom is 0.276 e. The third-order valence-electron chi connectivity index (χ3n) is 2.78. The molecule has 3 rings (SSSR count). The van der Waals surface area contributed by atoms with Crippen LogP contribution in [0.2, 0.25) is 0 Å². The molecule has 0 aliphatic carbocycles. The molecule has 2 aromatic heterocycles. The lowest BCUT2D eigenvalue weighted by Crippen LogP contribution is -2.14. The number of pyridine rings is 1. The summed E-state index contributed by atoms with van der Waals surface area (Å²) in [6.07, 6.45) is 2.99. The Hall–Kier alpha value is -2.54. The minimum Gasteiger partial charge on any atom is -0.398 e. The Morgan fingerprint density at radius 2 is 2.10 bits per heavy atom. The molecule has 20 heavy (non-hydrogen) atoms. The largest absolute Gasteiger partial charge is 0.398 e. The highest BCUT2D eigenvalue weighted by Crippen LogP contribution is 2.26. The summed E-state index contributed by atoms with van der Waals surface area (Å²) in [7, 11) is 0. The highest BCUT2D eigenvalue weighted by Gasteiger charge is 2.17. The van der Waals surface area contributed by atoms with E-state index in [-0.39, 0.29) is 11.1 Å². The lowest BCUT2D eigenvalue weighted by molar-refractivity contribution is 0.102. The molecule has 2 heterocycles. The van der Waals surface area contributed by atoms with Gasteiger partial charge in [0.05, 0.1) is 5.39 Å². The highest BCUT2D eigenvalue weighted by atomic mass is 32.1. The summed E-state index contributed by atoms with van der Waals surface area (Å²) >= 11 is 1.27. The van der Waals surface area contributed by atoms with E-state index in [1.54, 1.807) is 17.6 Å². The molecule has 3 N–H and O–H groups in total. The molecule has 0 unspecified atom stereocenters. The number of benzene rings is 1. The molecular weight excluding hydrogens is 279 g/mol. The van der Waals surface area contributed by atoms with Gasteiger partial charge in [-0.2, -0.15) is 0 Å². The number of rotatable bonds is 2. The Bertz CT molecular complexity index is 788. The number of nitrogens with one attached hydrogen (secondary N) is 1. The van der Waals surface area contributed by atoms with Gasteiger partial charge < -0.3 is 5.73 Å². The van der Waals surface area contributed by atoms with Crippen LogP contribution in [0.25, 0.3) is 10.8 Å². The highest BCUT2D eigenvalue weighted by molar-refractivity contribution is 7.13. The number of nitrogen functional groups attached to an aromatic ring is 1. The standard InChI is InChI=1S/C13H9FN4OS/c14-8-1-2-9(15)7-3-4-16-11(10(7)8)12(19)18-13-17-5-6-20-13/h1-6H,15H2,(H,17,18,19). The second-order valence-electron chi connectivity index (χ2n) is 4.01. The summed E-state index contributed by atoms with van der Waals surface area (Å²) in [5.74, 6) is -1.05. The molecule has 0 atom stereocenters. The van der Waals surface area contributed by atoms with Crippen molar-refractivity contribution in [1.29, 1.82) is 0 Å². The number of anilines is 2. The smallest absolute Gasteiger partial charge is 0.276 e. The molecule has 0 saturated carbocycles. The first-order valence-corrected chi connectivity index (χ1v) is 6.58. The van der Waals surface area contributed by atoms with Crippen molar-refractivity contribution >= 4 is 38.8 Å². The fourth-order valence-electron chi connectivity index (χ4n) is 1.89. The predicted octanol–water partition coefficient (Wildman–Crippen LogP) is 2.66. The lowest BCUT2D eigenvalue weighted by Gasteiger charge is -2.08. The average Bonchev–Trinajstić information content (AvgIpc) is 2.95. The van der Waals surface area contributed by atoms with Crippen molar-refractivity contribution in [2.24, 2.45) is 0 Å². The van der Waals surface area contributed by atoms with E-state index in [0.29, 0.717) is 16.2 Å². The maximum atomic E-state index is 14.0. The van der Waals surface area contributed by atoms with E-state index in [0.717, 1.165) is 0 Å². The SMILES string of the molecule is Nc1ccc(F)c2c(C(=O)Nc3nccs3)nccc12. The van der Waals surface area contributed by atoms with E-state index in [4.69, 9.17) is 5.73 Å². The van der Waals surface area contributed by atoms with Crippen LogP contribution >= 0.6 is 11.3 Å². The topological polar surface area (TPSA) is 80.9 Å². The second-order valence-corrected chi connectivity index (χ2v) is 4.90. The van der Waals surface area contributed by atoms with Gasteiger partial charge in [-0.15, -0.1) is 11.3 Å². The van der Waals surface area contributed by atoms with Crippen molar-refractivity contribution in [3.05, 3.63) is 47.5 Å². The number of hydrogen-bond donors (Lipinski definition) is 2. The Balaban J connectivity index is 2.12.